The molecule has 0 saturated carbocycles. The van der Waals surface area contributed by atoms with Gasteiger partial charge in [-0.1, -0.05) is 12.1 Å². The van der Waals surface area contributed by atoms with Crippen LogP contribution in [0.25, 0.3) is 0 Å². The van der Waals surface area contributed by atoms with Crippen LogP contribution in [-0.2, 0) is 0 Å². The van der Waals surface area contributed by atoms with Gasteiger partial charge in [0.1, 0.15) is 0 Å². The van der Waals surface area contributed by atoms with Gasteiger partial charge in [0.05, 0.1) is 5.71 Å². The molecular weight excluding hydrogens is 272 g/mol. The van der Waals surface area contributed by atoms with Crippen molar-refractivity contribution in [3.63, 3.8) is 0 Å². The lowest BCUT2D eigenvalue weighted by Gasteiger charge is -2.32. The largest absolute Gasteiger partial charge is 0.454 e. The van der Waals surface area contributed by atoms with Crippen molar-refractivity contribution in [2.45, 2.75) is 19.8 Å². The Bertz CT molecular complexity index is 585. The Kier molecular flexibility index (Phi) is 3.68. The molecule has 1 amide bonds. The Morgan fingerprint density at radius 3 is 3.00 bits per heavy atom. The van der Waals surface area contributed by atoms with Crippen LogP contribution in [0.4, 0.5) is 0 Å². The van der Waals surface area contributed by atoms with Gasteiger partial charge in [-0.3, -0.25) is 4.79 Å². The van der Waals surface area contributed by atoms with Crippen molar-refractivity contribution < 1.29 is 19.5 Å². The van der Waals surface area contributed by atoms with E-state index in [4.69, 9.17) is 14.7 Å². The average Bonchev–Trinajstić information content (AvgIpc) is 3.00. The lowest BCUT2D eigenvalue weighted by atomic mass is 9.93. The van der Waals surface area contributed by atoms with Gasteiger partial charge >= 0.3 is 0 Å². The summed E-state index contributed by atoms with van der Waals surface area (Å²) in [5.74, 6) is 1.39. The maximum atomic E-state index is 12.6. The molecule has 3 rings (SSSR count). The molecule has 0 aliphatic carbocycles. The van der Waals surface area contributed by atoms with Gasteiger partial charge in [0.2, 0.25) is 6.79 Å². The summed E-state index contributed by atoms with van der Waals surface area (Å²) in [4.78, 5) is 14.4. The number of benzene rings is 1. The second kappa shape index (κ2) is 5.63. The summed E-state index contributed by atoms with van der Waals surface area (Å²) in [6.07, 6.45) is 1.47. The van der Waals surface area contributed by atoms with Crippen LogP contribution < -0.4 is 9.47 Å². The van der Waals surface area contributed by atoms with Crippen molar-refractivity contribution in [3.8, 4) is 11.5 Å². The topological polar surface area (TPSA) is 71.4 Å². The molecule has 1 aromatic rings. The Labute approximate surface area is 122 Å². The van der Waals surface area contributed by atoms with E-state index in [0.717, 1.165) is 12.1 Å². The lowest BCUT2D eigenvalue weighted by molar-refractivity contribution is 0.0728. The predicted octanol–water partition coefficient (Wildman–Crippen LogP) is 2.12. The fraction of sp³-hybridized carbons (Fsp3) is 0.467. The van der Waals surface area contributed by atoms with E-state index >= 15 is 0 Å². The maximum absolute atomic E-state index is 12.6. The number of nitrogens with zero attached hydrogens (tertiary/aromatic N) is 2. The van der Waals surface area contributed by atoms with E-state index in [1.54, 1.807) is 23.1 Å². The van der Waals surface area contributed by atoms with E-state index in [0.29, 0.717) is 36.6 Å². The Hall–Kier alpha value is -2.24. The van der Waals surface area contributed by atoms with Crippen molar-refractivity contribution >= 4 is 11.6 Å². The van der Waals surface area contributed by atoms with Crippen molar-refractivity contribution in [3.05, 3.63) is 23.8 Å². The molecule has 1 N–H and O–H groups in total. The number of ether oxygens (including phenoxy) is 2. The quantitative estimate of drug-likeness (QED) is 0.669. The number of carbonyl (C=O) groups is 1. The minimum absolute atomic E-state index is 0.0243. The summed E-state index contributed by atoms with van der Waals surface area (Å²) >= 11 is 0. The van der Waals surface area contributed by atoms with E-state index in [9.17, 15) is 4.79 Å². The highest BCUT2D eigenvalue weighted by Crippen LogP contribution is 2.33. The fourth-order valence-corrected chi connectivity index (χ4v) is 2.81. The summed E-state index contributed by atoms with van der Waals surface area (Å²) in [5, 5.41) is 12.4. The molecule has 21 heavy (non-hydrogen) atoms. The second-order valence-electron chi connectivity index (χ2n) is 5.27. The first kappa shape index (κ1) is 13.7. The molecule has 0 radical (unpaired) electrons. The molecular formula is C15H18N2O4. The zero-order valence-electron chi connectivity index (χ0n) is 11.9. The third kappa shape index (κ3) is 2.53. The van der Waals surface area contributed by atoms with Gasteiger partial charge in [-0.25, -0.2) is 0 Å². The van der Waals surface area contributed by atoms with Gasteiger partial charge in [-0.15, -0.1) is 0 Å². The van der Waals surface area contributed by atoms with Gasteiger partial charge in [-0.2, -0.15) is 0 Å². The molecule has 6 nitrogen and oxygen atoms in total. The zero-order valence-corrected chi connectivity index (χ0v) is 11.9. The Morgan fingerprint density at radius 1 is 1.43 bits per heavy atom. The second-order valence-corrected chi connectivity index (χ2v) is 5.27. The first-order valence-electron chi connectivity index (χ1n) is 7.12. The molecule has 6 heteroatoms. The van der Waals surface area contributed by atoms with E-state index in [1.165, 1.54) is 0 Å². The lowest BCUT2D eigenvalue weighted by Crippen LogP contribution is -2.44. The van der Waals surface area contributed by atoms with Crippen LogP contribution in [0.2, 0.25) is 0 Å². The van der Waals surface area contributed by atoms with Crippen molar-refractivity contribution in [2.24, 2.45) is 11.1 Å². The summed E-state index contributed by atoms with van der Waals surface area (Å²) in [6, 6.07) is 5.24. The van der Waals surface area contributed by atoms with E-state index in [-0.39, 0.29) is 18.6 Å². The standard InChI is InChI=1S/C15H18N2O4/c1-2-10-8-17(6-5-12(10)16-19)15(18)11-3-4-13-14(7-11)21-9-20-13/h3-4,7,10,19H,2,5-6,8-9H2,1H3/b16-12+. The number of likely N-dealkylation sites (tertiary alicyclic amines) is 1. The molecule has 1 saturated heterocycles. The predicted molar refractivity (Wildman–Crippen MR) is 76.1 cm³/mol. The summed E-state index contributed by atoms with van der Waals surface area (Å²) in [7, 11) is 0. The first-order valence-corrected chi connectivity index (χ1v) is 7.12. The molecule has 0 spiro atoms. The van der Waals surface area contributed by atoms with Gasteiger partial charge in [0.15, 0.2) is 11.5 Å². The van der Waals surface area contributed by atoms with E-state index in [2.05, 4.69) is 5.16 Å². The van der Waals surface area contributed by atoms with Gasteiger partial charge in [0, 0.05) is 31.0 Å². The fourth-order valence-electron chi connectivity index (χ4n) is 2.81. The van der Waals surface area contributed by atoms with Crippen LogP contribution >= 0.6 is 0 Å². The SMILES string of the molecule is CCC1CN(C(=O)c2ccc3c(c2)OCO3)CC/C1=N\O. The molecule has 112 valence electrons. The summed E-state index contributed by atoms with van der Waals surface area (Å²) in [6.45, 7) is 3.39. The number of fused-ring (bicyclic) bond motifs is 1. The third-order valence-corrected chi connectivity index (χ3v) is 4.08. The average molecular weight is 290 g/mol. The van der Waals surface area contributed by atoms with Crippen LogP contribution in [0.1, 0.15) is 30.1 Å². The normalized spacial score (nSPS) is 22.6. The molecule has 0 aromatic heterocycles. The van der Waals surface area contributed by atoms with Gasteiger partial charge in [0.25, 0.3) is 5.91 Å². The Balaban J connectivity index is 1.76. The van der Waals surface area contributed by atoms with E-state index < -0.39 is 0 Å². The van der Waals surface area contributed by atoms with Crippen LogP contribution in [0.3, 0.4) is 0 Å². The van der Waals surface area contributed by atoms with Gasteiger partial charge < -0.3 is 19.6 Å². The molecule has 1 fully saturated rings. The number of carbonyl (C=O) groups excluding carboxylic acids is 1. The number of hydrogen-bond donors (Lipinski definition) is 1. The number of oxime groups is 1. The number of rotatable bonds is 2. The molecule has 1 atom stereocenters. The van der Waals surface area contributed by atoms with Crippen LogP contribution in [0.15, 0.2) is 23.4 Å². The van der Waals surface area contributed by atoms with Crippen molar-refractivity contribution in [1.82, 2.24) is 4.90 Å². The molecule has 1 unspecified atom stereocenters. The van der Waals surface area contributed by atoms with Crippen molar-refractivity contribution in [2.75, 3.05) is 19.9 Å². The smallest absolute Gasteiger partial charge is 0.254 e. The summed E-state index contributed by atoms with van der Waals surface area (Å²) in [5.41, 5.74) is 1.38. The third-order valence-electron chi connectivity index (χ3n) is 4.08. The van der Waals surface area contributed by atoms with Crippen LogP contribution in [0.5, 0.6) is 11.5 Å². The number of amides is 1. The zero-order chi connectivity index (χ0) is 14.8. The maximum Gasteiger partial charge on any atom is 0.254 e. The van der Waals surface area contributed by atoms with Gasteiger partial charge in [-0.05, 0) is 24.6 Å². The first-order chi connectivity index (χ1) is 10.2. The summed E-state index contributed by atoms with van der Waals surface area (Å²) < 4.78 is 10.6. The number of piperidine rings is 1. The number of hydrogen-bond acceptors (Lipinski definition) is 5. The highest BCUT2D eigenvalue weighted by molar-refractivity contribution is 5.97. The highest BCUT2D eigenvalue weighted by atomic mass is 16.7. The highest BCUT2D eigenvalue weighted by Gasteiger charge is 2.29. The molecule has 2 aliphatic heterocycles. The Morgan fingerprint density at radius 2 is 2.24 bits per heavy atom. The van der Waals surface area contributed by atoms with Crippen LogP contribution in [0, 0.1) is 5.92 Å². The molecule has 2 heterocycles. The monoisotopic (exact) mass is 290 g/mol. The minimum Gasteiger partial charge on any atom is -0.454 e. The molecule has 2 aliphatic rings. The van der Waals surface area contributed by atoms with E-state index in [1.807, 2.05) is 6.92 Å². The molecule has 0 bridgehead atoms. The van der Waals surface area contributed by atoms with Crippen molar-refractivity contribution in [1.29, 1.82) is 0 Å². The minimum atomic E-state index is -0.0243. The van der Waals surface area contributed by atoms with Crippen LogP contribution in [-0.4, -0.2) is 41.6 Å². The molecule has 1 aromatic carbocycles.